The van der Waals surface area contributed by atoms with Gasteiger partial charge in [0, 0.05) is 6.42 Å². The third-order valence-corrected chi connectivity index (χ3v) is 5.04. The summed E-state index contributed by atoms with van der Waals surface area (Å²) in [6.07, 6.45) is -2.92. The van der Waals surface area contributed by atoms with Crippen LogP contribution in [-0.2, 0) is 40.0 Å². The van der Waals surface area contributed by atoms with E-state index in [1.807, 2.05) is 5.32 Å². The highest BCUT2D eigenvalue weighted by atomic mass is 16.4. The molecule has 0 aliphatic rings. The first-order valence-electron chi connectivity index (χ1n) is 11.1. The largest absolute Gasteiger partial charge is 0.508 e. The highest BCUT2D eigenvalue weighted by molar-refractivity contribution is 5.97. The smallest absolute Gasteiger partial charge is 0.326 e. The van der Waals surface area contributed by atoms with Crippen molar-refractivity contribution in [1.82, 2.24) is 16.0 Å². The number of nitrogens with two attached hydrogens (primary N) is 2. The lowest BCUT2D eigenvalue weighted by Crippen LogP contribution is -2.58. The van der Waals surface area contributed by atoms with E-state index in [-0.39, 0.29) is 12.2 Å². The van der Waals surface area contributed by atoms with Crippen molar-refractivity contribution in [3.05, 3.63) is 29.8 Å². The summed E-state index contributed by atoms with van der Waals surface area (Å²) in [5.74, 6) is -8.86. The Kier molecular flexibility index (Phi) is 12.1. The topological polar surface area (TPSA) is 289 Å². The third kappa shape index (κ3) is 11.3. The molecule has 4 unspecified atom stereocenters. The van der Waals surface area contributed by atoms with Gasteiger partial charge < -0.3 is 47.8 Å². The van der Waals surface area contributed by atoms with Crippen LogP contribution in [-0.4, -0.2) is 86.1 Å². The van der Waals surface area contributed by atoms with Crippen LogP contribution in [0.15, 0.2) is 24.3 Å². The predicted octanol–water partition coefficient (Wildman–Crippen LogP) is -2.98. The minimum atomic E-state index is -1.77. The number of carboxylic acids is 3. The van der Waals surface area contributed by atoms with Crippen LogP contribution in [0.2, 0.25) is 0 Å². The standard InChI is InChI=1S/C22H29N5O11/c23-12(7-10-1-3-11(28)4-2-10)19(34)26-15(9-18(32)33)21(36)27-14(8-16(24)29)20(35)25-13(22(37)38)5-6-17(30)31/h1-4,12-15,28H,5-9,23H2,(H2,24,29)(H,25,35)(H,26,34)(H,27,36)(H,30,31)(H,32,33)(H,37,38). The minimum Gasteiger partial charge on any atom is -0.508 e. The number of rotatable bonds is 16. The maximum atomic E-state index is 12.8. The summed E-state index contributed by atoms with van der Waals surface area (Å²) in [7, 11) is 0. The van der Waals surface area contributed by atoms with Gasteiger partial charge in [0.15, 0.2) is 0 Å². The molecule has 0 bridgehead atoms. The summed E-state index contributed by atoms with van der Waals surface area (Å²) in [5.41, 5.74) is 11.5. The number of carbonyl (C=O) groups excluding carboxylic acids is 4. The lowest BCUT2D eigenvalue weighted by molar-refractivity contribution is -0.144. The molecule has 0 heterocycles. The molecule has 1 rings (SSSR count). The summed E-state index contributed by atoms with van der Waals surface area (Å²) >= 11 is 0. The number of phenolic OH excluding ortho intramolecular Hbond substituents is 1. The average molecular weight is 539 g/mol. The van der Waals surface area contributed by atoms with E-state index < -0.39 is 91.4 Å². The molecule has 38 heavy (non-hydrogen) atoms. The zero-order valence-electron chi connectivity index (χ0n) is 20.0. The van der Waals surface area contributed by atoms with E-state index in [4.69, 9.17) is 21.7 Å². The second kappa shape index (κ2) is 14.7. The summed E-state index contributed by atoms with van der Waals surface area (Å²) in [6.45, 7) is 0. The van der Waals surface area contributed by atoms with Crippen molar-refractivity contribution in [2.45, 2.75) is 56.3 Å². The van der Waals surface area contributed by atoms with Crippen molar-refractivity contribution in [3.63, 3.8) is 0 Å². The van der Waals surface area contributed by atoms with Crippen LogP contribution in [0.5, 0.6) is 5.75 Å². The van der Waals surface area contributed by atoms with Crippen LogP contribution < -0.4 is 27.4 Å². The Morgan fingerprint density at radius 3 is 1.71 bits per heavy atom. The molecule has 4 amide bonds. The van der Waals surface area contributed by atoms with Crippen LogP contribution in [0.25, 0.3) is 0 Å². The molecule has 1 aromatic rings. The van der Waals surface area contributed by atoms with Gasteiger partial charge in [-0.2, -0.15) is 0 Å². The van der Waals surface area contributed by atoms with E-state index in [1.54, 1.807) is 0 Å². The van der Waals surface area contributed by atoms with E-state index in [2.05, 4.69) is 10.6 Å². The van der Waals surface area contributed by atoms with Gasteiger partial charge in [-0.3, -0.25) is 28.8 Å². The van der Waals surface area contributed by atoms with Crippen molar-refractivity contribution >= 4 is 41.5 Å². The Morgan fingerprint density at radius 1 is 0.737 bits per heavy atom. The molecule has 0 aromatic heterocycles. The fraction of sp³-hybridized carbons (Fsp3) is 0.409. The van der Waals surface area contributed by atoms with E-state index in [1.165, 1.54) is 24.3 Å². The molecule has 0 saturated carbocycles. The number of hydrogen-bond donors (Lipinski definition) is 9. The van der Waals surface area contributed by atoms with Gasteiger partial charge in [-0.15, -0.1) is 0 Å². The van der Waals surface area contributed by atoms with Gasteiger partial charge in [0.25, 0.3) is 0 Å². The summed E-state index contributed by atoms with van der Waals surface area (Å²) in [5, 5.41) is 42.6. The Morgan fingerprint density at radius 2 is 1.24 bits per heavy atom. The lowest BCUT2D eigenvalue weighted by atomic mass is 10.0. The number of aliphatic carboxylic acids is 3. The van der Waals surface area contributed by atoms with Gasteiger partial charge in [0.05, 0.1) is 18.9 Å². The van der Waals surface area contributed by atoms with E-state index in [0.717, 1.165) is 0 Å². The predicted molar refractivity (Wildman–Crippen MR) is 126 cm³/mol. The average Bonchev–Trinajstić information content (AvgIpc) is 2.81. The Bertz CT molecular complexity index is 1060. The highest BCUT2D eigenvalue weighted by Gasteiger charge is 2.32. The molecule has 0 aliphatic carbocycles. The van der Waals surface area contributed by atoms with Gasteiger partial charge in [0.2, 0.25) is 23.6 Å². The molecule has 0 fully saturated rings. The van der Waals surface area contributed by atoms with Gasteiger partial charge in [-0.05, 0) is 30.5 Å². The normalized spacial score (nSPS) is 13.7. The van der Waals surface area contributed by atoms with Crippen LogP contribution in [0, 0.1) is 0 Å². The second-order valence-electron chi connectivity index (χ2n) is 8.20. The number of carbonyl (C=O) groups is 7. The van der Waals surface area contributed by atoms with Crippen LogP contribution in [0.4, 0.5) is 0 Å². The molecule has 1 aromatic carbocycles. The van der Waals surface area contributed by atoms with Crippen molar-refractivity contribution in [1.29, 1.82) is 0 Å². The molecular weight excluding hydrogens is 510 g/mol. The Hall–Kier alpha value is -4.73. The quantitative estimate of drug-likeness (QED) is 0.102. The van der Waals surface area contributed by atoms with E-state index in [9.17, 15) is 43.8 Å². The zero-order chi connectivity index (χ0) is 29.0. The monoisotopic (exact) mass is 539 g/mol. The number of hydrogen-bond acceptors (Lipinski definition) is 9. The molecule has 11 N–H and O–H groups in total. The maximum Gasteiger partial charge on any atom is 0.326 e. The van der Waals surface area contributed by atoms with E-state index in [0.29, 0.717) is 5.56 Å². The maximum absolute atomic E-state index is 12.8. The van der Waals surface area contributed by atoms with Gasteiger partial charge in [0.1, 0.15) is 23.9 Å². The number of nitrogens with one attached hydrogen (secondary N) is 3. The molecule has 16 heteroatoms. The molecule has 16 nitrogen and oxygen atoms in total. The molecule has 4 atom stereocenters. The van der Waals surface area contributed by atoms with E-state index >= 15 is 0 Å². The Labute approximate surface area is 215 Å². The third-order valence-electron chi connectivity index (χ3n) is 5.04. The first-order chi connectivity index (χ1) is 17.7. The van der Waals surface area contributed by atoms with Crippen LogP contribution in [0.3, 0.4) is 0 Å². The molecule has 0 saturated heterocycles. The number of amides is 4. The SMILES string of the molecule is NC(=O)CC(NC(=O)C(CC(=O)O)NC(=O)C(N)Cc1ccc(O)cc1)C(=O)NC(CCC(=O)O)C(=O)O. The molecule has 0 aliphatic heterocycles. The van der Waals surface area contributed by atoms with Crippen molar-refractivity contribution in [2.75, 3.05) is 0 Å². The first-order valence-corrected chi connectivity index (χ1v) is 11.1. The molecule has 0 radical (unpaired) electrons. The van der Waals surface area contributed by atoms with Crippen LogP contribution >= 0.6 is 0 Å². The second-order valence-corrected chi connectivity index (χ2v) is 8.20. The number of carboxylic acid groups (broad SMARTS) is 3. The summed E-state index contributed by atoms with van der Waals surface area (Å²) in [4.78, 5) is 82.7. The van der Waals surface area contributed by atoms with Gasteiger partial charge in [-0.25, -0.2) is 4.79 Å². The number of phenols is 1. The minimum absolute atomic E-state index is 0.0175. The van der Waals surface area contributed by atoms with Crippen molar-refractivity contribution in [3.8, 4) is 5.75 Å². The molecular formula is C22H29N5O11. The highest BCUT2D eigenvalue weighted by Crippen LogP contribution is 2.11. The lowest BCUT2D eigenvalue weighted by Gasteiger charge is -2.24. The van der Waals surface area contributed by atoms with Gasteiger partial charge >= 0.3 is 17.9 Å². The fourth-order valence-electron chi connectivity index (χ4n) is 3.12. The molecule has 208 valence electrons. The number of primary amides is 1. The fourth-order valence-corrected chi connectivity index (χ4v) is 3.12. The number of benzene rings is 1. The van der Waals surface area contributed by atoms with Gasteiger partial charge in [-0.1, -0.05) is 12.1 Å². The van der Waals surface area contributed by atoms with Crippen molar-refractivity contribution in [2.24, 2.45) is 11.5 Å². The number of aromatic hydroxyl groups is 1. The van der Waals surface area contributed by atoms with Crippen molar-refractivity contribution < 1.29 is 54.0 Å². The van der Waals surface area contributed by atoms with Crippen LogP contribution in [0.1, 0.15) is 31.2 Å². The summed E-state index contributed by atoms with van der Waals surface area (Å²) < 4.78 is 0. The molecule has 0 spiro atoms. The first kappa shape index (κ1) is 31.3. The summed E-state index contributed by atoms with van der Waals surface area (Å²) in [6, 6.07) is -0.725. The zero-order valence-corrected chi connectivity index (χ0v) is 20.0. The Balaban J connectivity index is 2.98.